The number of carbonyl (C=O) groups excluding carboxylic acids is 2. The number of anilines is 1. The number of hydrogen-bond donors (Lipinski definition) is 0. The van der Waals surface area contributed by atoms with Crippen molar-refractivity contribution in [1.29, 1.82) is 0 Å². The lowest BCUT2D eigenvalue weighted by Crippen LogP contribution is -2.53. The van der Waals surface area contributed by atoms with E-state index in [1.807, 2.05) is 36.4 Å². The highest BCUT2D eigenvalue weighted by molar-refractivity contribution is 5.92. The fourth-order valence-electron chi connectivity index (χ4n) is 5.39. The summed E-state index contributed by atoms with van der Waals surface area (Å²) < 4.78 is 45.6. The van der Waals surface area contributed by atoms with Crippen molar-refractivity contribution in [2.24, 2.45) is 0 Å². The Hall–Kier alpha value is -4.63. The molecule has 6 nitrogen and oxygen atoms in total. The average Bonchev–Trinajstić information content (AvgIpc) is 3.04. The zero-order chi connectivity index (χ0) is 30.4. The van der Waals surface area contributed by atoms with Crippen molar-refractivity contribution in [3.8, 4) is 0 Å². The van der Waals surface area contributed by atoms with Crippen LogP contribution in [0.3, 0.4) is 0 Å². The molecular formula is C34H32F3N3O3. The lowest BCUT2D eigenvalue weighted by atomic mass is 9.96. The van der Waals surface area contributed by atoms with E-state index >= 15 is 0 Å². The van der Waals surface area contributed by atoms with Crippen LogP contribution < -0.4 is 4.90 Å². The highest BCUT2D eigenvalue weighted by Gasteiger charge is 2.33. The molecule has 0 aliphatic carbocycles. The van der Waals surface area contributed by atoms with Crippen molar-refractivity contribution in [3.05, 3.63) is 137 Å². The van der Waals surface area contributed by atoms with Crippen LogP contribution in [0, 0.1) is 0 Å². The normalized spacial score (nSPS) is 14.0. The molecule has 0 N–H and O–H groups in total. The van der Waals surface area contributed by atoms with E-state index in [4.69, 9.17) is 4.74 Å². The van der Waals surface area contributed by atoms with Gasteiger partial charge in [-0.25, -0.2) is 9.59 Å². The summed E-state index contributed by atoms with van der Waals surface area (Å²) in [6.07, 6.45) is -4.55. The van der Waals surface area contributed by atoms with Crippen LogP contribution in [0.15, 0.2) is 109 Å². The zero-order valence-corrected chi connectivity index (χ0v) is 23.7. The van der Waals surface area contributed by atoms with Gasteiger partial charge in [0.15, 0.2) is 0 Å². The molecular weight excluding hydrogens is 555 g/mol. The van der Waals surface area contributed by atoms with E-state index in [0.717, 1.165) is 23.3 Å². The van der Waals surface area contributed by atoms with Crippen LogP contribution in [0.1, 0.15) is 38.7 Å². The summed E-state index contributed by atoms with van der Waals surface area (Å²) in [5.74, 6) is -0.500. The molecule has 0 aromatic heterocycles. The van der Waals surface area contributed by atoms with Crippen LogP contribution in [-0.4, -0.2) is 55.1 Å². The first-order valence-corrected chi connectivity index (χ1v) is 14.0. The van der Waals surface area contributed by atoms with Gasteiger partial charge in [-0.3, -0.25) is 9.80 Å². The molecule has 0 atom stereocenters. The first kappa shape index (κ1) is 29.8. The Kier molecular flexibility index (Phi) is 9.11. The van der Waals surface area contributed by atoms with E-state index in [1.165, 1.54) is 24.1 Å². The molecule has 0 saturated carbocycles. The van der Waals surface area contributed by atoms with Crippen LogP contribution in [-0.2, 0) is 17.5 Å². The molecule has 4 aromatic rings. The van der Waals surface area contributed by atoms with E-state index in [1.54, 1.807) is 29.2 Å². The van der Waals surface area contributed by atoms with E-state index in [2.05, 4.69) is 29.2 Å². The van der Waals surface area contributed by atoms with Gasteiger partial charge in [-0.15, -0.1) is 0 Å². The van der Waals surface area contributed by atoms with Crippen molar-refractivity contribution < 1.29 is 27.5 Å². The molecule has 0 radical (unpaired) electrons. The van der Waals surface area contributed by atoms with Crippen molar-refractivity contribution in [2.45, 2.75) is 18.8 Å². The lowest BCUT2D eigenvalue weighted by Gasteiger charge is -2.41. The molecule has 0 unspecified atom stereocenters. The fourth-order valence-corrected chi connectivity index (χ4v) is 5.39. The van der Waals surface area contributed by atoms with E-state index in [-0.39, 0.29) is 24.3 Å². The summed E-state index contributed by atoms with van der Waals surface area (Å²) in [7, 11) is 1.28. The maximum Gasteiger partial charge on any atom is 0.416 e. The maximum absolute atomic E-state index is 14.0. The van der Waals surface area contributed by atoms with Crippen molar-refractivity contribution in [1.82, 2.24) is 9.80 Å². The number of alkyl halides is 3. The summed E-state index contributed by atoms with van der Waals surface area (Å²) in [6, 6.07) is 31.3. The summed E-state index contributed by atoms with van der Waals surface area (Å²) in [6.45, 7) is 2.02. The number of rotatable bonds is 7. The maximum atomic E-state index is 14.0. The number of carbonyl (C=O) groups is 2. The monoisotopic (exact) mass is 587 g/mol. The number of hydrogen-bond acceptors (Lipinski definition) is 4. The third kappa shape index (κ3) is 7.06. The number of esters is 1. The first-order valence-electron chi connectivity index (χ1n) is 14.0. The molecule has 1 saturated heterocycles. The topological polar surface area (TPSA) is 53.1 Å². The van der Waals surface area contributed by atoms with Gasteiger partial charge >= 0.3 is 18.2 Å². The van der Waals surface area contributed by atoms with Crippen molar-refractivity contribution in [2.75, 3.05) is 38.2 Å². The molecule has 43 heavy (non-hydrogen) atoms. The van der Waals surface area contributed by atoms with Crippen LogP contribution in [0.2, 0.25) is 0 Å². The summed E-state index contributed by atoms with van der Waals surface area (Å²) >= 11 is 0. The molecule has 2 amide bonds. The Bertz CT molecular complexity index is 1480. The van der Waals surface area contributed by atoms with Crippen LogP contribution in [0.4, 0.5) is 23.7 Å². The Balaban J connectivity index is 1.38. The predicted molar refractivity (Wildman–Crippen MR) is 159 cm³/mol. The second kappa shape index (κ2) is 13.1. The number of piperazine rings is 1. The SMILES string of the molecule is COC(=O)c1ccc(CN(C(=O)N2CCN(C(c3ccccc3)c3ccccc3)CC2)c2cccc(C(F)(F)F)c2)cc1. The fraction of sp³-hybridized carbons (Fsp3) is 0.235. The predicted octanol–water partition coefficient (Wildman–Crippen LogP) is 7.03. The molecule has 1 fully saturated rings. The molecule has 1 aliphatic heterocycles. The molecule has 222 valence electrons. The van der Waals surface area contributed by atoms with Gasteiger partial charge in [-0.1, -0.05) is 78.9 Å². The van der Waals surface area contributed by atoms with Gasteiger partial charge in [0, 0.05) is 31.9 Å². The van der Waals surface area contributed by atoms with Crippen LogP contribution >= 0.6 is 0 Å². The smallest absolute Gasteiger partial charge is 0.416 e. The second-order valence-corrected chi connectivity index (χ2v) is 10.4. The number of methoxy groups -OCH3 is 1. The Morgan fingerprint density at radius 2 is 1.37 bits per heavy atom. The van der Waals surface area contributed by atoms with Crippen LogP contribution in [0.25, 0.3) is 0 Å². The molecule has 1 heterocycles. The van der Waals surface area contributed by atoms with E-state index in [0.29, 0.717) is 37.3 Å². The summed E-state index contributed by atoms with van der Waals surface area (Å²) in [5.41, 5.74) is 2.60. The van der Waals surface area contributed by atoms with Crippen molar-refractivity contribution >= 4 is 17.7 Å². The molecule has 9 heteroatoms. The average molecular weight is 588 g/mol. The van der Waals surface area contributed by atoms with Gasteiger partial charge in [0.1, 0.15) is 0 Å². The van der Waals surface area contributed by atoms with E-state index < -0.39 is 17.7 Å². The zero-order valence-electron chi connectivity index (χ0n) is 23.7. The highest BCUT2D eigenvalue weighted by Crippen LogP contribution is 2.33. The van der Waals surface area contributed by atoms with Gasteiger partial charge in [0.2, 0.25) is 0 Å². The Labute approximate surface area is 248 Å². The third-order valence-corrected chi connectivity index (χ3v) is 7.61. The Morgan fingerprint density at radius 3 is 1.91 bits per heavy atom. The van der Waals surface area contributed by atoms with Gasteiger partial charge < -0.3 is 9.64 Å². The number of ether oxygens (including phenoxy) is 1. The minimum Gasteiger partial charge on any atom is -0.465 e. The quantitative estimate of drug-likeness (QED) is 0.218. The largest absolute Gasteiger partial charge is 0.465 e. The van der Waals surface area contributed by atoms with E-state index in [9.17, 15) is 22.8 Å². The number of urea groups is 1. The second-order valence-electron chi connectivity index (χ2n) is 10.4. The van der Waals surface area contributed by atoms with Gasteiger partial charge in [-0.2, -0.15) is 13.2 Å². The number of nitrogens with zero attached hydrogens (tertiary/aromatic N) is 3. The molecule has 0 spiro atoms. The summed E-state index contributed by atoms with van der Waals surface area (Å²) in [5, 5.41) is 0. The third-order valence-electron chi connectivity index (χ3n) is 7.61. The molecule has 1 aliphatic rings. The number of benzene rings is 4. The Morgan fingerprint density at radius 1 is 0.791 bits per heavy atom. The highest BCUT2D eigenvalue weighted by atomic mass is 19.4. The number of halogens is 3. The van der Waals surface area contributed by atoms with Crippen LogP contribution in [0.5, 0.6) is 0 Å². The minimum absolute atomic E-state index is 0.00699. The lowest BCUT2D eigenvalue weighted by molar-refractivity contribution is -0.137. The van der Waals surface area contributed by atoms with Gasteiger partial charge in [-0.05, 0) is 47.0 Å². The standard InChI is InChI=1S/C34H32F3N3O3/c1-43-32(41)28-17-15-25(16-18-28)24-40(30-14-8-13-29(23-30)34(35,36)37)33(42)39-21-19-38(20-22-39)31(26-9-4-2-5-10-26)27-11-6-3-7-12-27/h2-18,23,31H,19-22,24H2,1H3. The van der Waals surface area contributed by atoms with Gasteiger partial charge in [0.25, 0.3) is 0 Å². The van der Waals surface area contributed by atoms with Crippen molar-refractivity contribution in [3.63, 3.8) is 0 Å². The first-order chi connectivity index (χ1) is 20.7. The number of amides is 2. The molecule has 0 bridgehead atoms. The molecule has 5 rings (SSSR count). The van der Waals surface area contributed by atoms with Gasteiger partial charge in [0.05, 0.1) is 30.8 Å². The minimum atomic E-state index is -4.55. The summed E-state index contributed by atoms with van der Waals surface area (Å²) in [4.78, 5) is 31.2. The molecule has 4 aromatic carbocycles.